The van der Waals surface area contributed by atoms with Crippen molar-refractivity contribution < 1.29 is 19.1 Å². The van der Waals surface area contributed by atoms with E-state index < -0.39 is 17.4 Å². The molecule has 4 nitrogen and oxygen atoms in total. The van der Waals surface area contributed by atoms with Crippen LogP contribution in [-0.4, -0.2) is 26.2 Å². The van der Waals surface area contributed by atoms with Gasteiger partial charge < -0.3 is 9.47 Å². The molecular formula is C17H28O4. The predicted molar refractivity (Wildman–Crippen MR) is 83.8 cm³/mol. The maximum absolute atomic E-state index is 12.2. The van der Waals surface area contributed by atoms with Crippen LogP contribution in [0.15, 0.2) is 24.3 Å². The molecule has 4 heteroatoms. The van der Waals surface area contributed by atoms with Gasteiger partial charge in [-0.1, -0.05) is 51.0 Å². The Hall–Kier alpha value is -1.58. The number of methoxy groups -OCH3 is 2. The zero-order valence-corrected chi connectivity index (χ0v) is 13.7. The van der Waals surface area contributed by atoms with Crippen LogP contribution in [0.1, 0.15) is 52.4 Å². The lowest BCUT2D eigenvalue weighted by Gasteiger charge is -2.25. The number of carbonyl (C=O) groups excluding carboxylic acids is 2. The highest BCUT2D eigenvalue weighted by molar-refractivity contribution is 6.00. The van der Waals surface area contributed by atoms with Crippen molar-refractivity contribution in [1.29, 1.82) is 0 Å². The van der Waals surface area contributed by atoms with E-state index in [1.54, 1.807) is 0 Å². The van der Waals surface area contributed by atoms with Gasteiger partial charge in [0.15, 0.2) is 5.41 Å². The van der Waals surface area contributed by atoms with Crippen molar-refractivity contribution in [3.05, 3.63) is 24.3 Å². The molecule has 0 spiro atoms. The van der Waals surface area contributed by atoms with E-state index in [0.29, 0.717) is 12.8 Å². The highest BCUT2D eigenvalue weighted by Crippen LogP contribution is 2.31. The summed E-state index contributed by atoms with van der Waals surface area (Å²) in [5, 5.41) is 0. The molecule has 0 saturated carbocycles. The minimum absolute atomic E-state index is 0.294. The summed E-state index contributed by atoms with van der Waals surface area (Å²) in [6.07, 6.45) is 12.2. The Bertz CT molecular complexity index is 333. The van der Waals surface area contributed by atoms with Crippen molar-refractivity contribution in [3.8, 4) is 0 Å². The molecule has 0 aromatic heterocycles. The minimum atomic E-state index is -1.28. The molecule has 0 heterocycles. The molecule has 0 rings (SSSR count). The van der Waals surface area contributed by atoms with E-state index in [2.05, 4.69) is 13.8 Å². The van der Waals surface area contributed by atoms with Gasteiger partial charge in [-0.25, -0.2) is 0 Å². The van der Waals surface area contributed by atoms with Crippen LogP contribution in [-0.2, 0) is 19.1 Å². The minimum Gasteiger partial charge on any atom is -0.468 e. The summed E-state index contributed by atoms with van der Waals surface area (Å²) in [6, 6.07) is 0. The van der Waals surface area contributed by atoms with Crippen molar-refractivity contribution in [1.82, 2.24) is 0 Å². The van der Waals surface area contributed by atoms with Gasteiger partial charge in [-0.3, -0.25) is 9.59 Å². The number of hydrogen-bond donors (Lipinski definition) is 0. The van der Waals surface area contributed by atoms with Gasteiger partial charge in [0.1, 0.15) is 0 Å². The van der Waals surface area contributed by atoms with Crippen LogP contribution in [0, 0.1) is 5.41 Å². The average molecular weight is 296 g/mol. The molecule has 0 aliphatic heterocycles. The molecule has 0 aliphatic carbocycles. The first-order valence-corrected chi connectivity index (χ1v) is 7.55. The van der Waals surface area contributed by atoms with E-state index >= 15 is 0 Å². The topological polar surface area (TPSA) is 52.6 Å². The Morgan fingerprint density at radius 2 is 1.19 bits per heavy atom. The summed E-state index contributed by atoms with van der Waals surface area (Å²) in [7, 11) is 2.59. The monoisotopic (exact) mass is 296 g/mol. The third-order valence-electron chi connectivity index (χ3n) is 3.33. The van der Waals surface area contributed by atoms with Crippen LogP contribution in [0.3, 0.4) is 0 Å². The number of unbranched alkanes of at least 4 members (excludes halogenated alkanes) is 2. The van der Waals surface area contributed by atoms with Gasteiger partial charge >= 0.3 is 11.9 Å². The molecule has 0 fully saturated rings. The van der Waals surface area contributed by atoms with E-state index in [0.717, 1.165) is 25.7 Å². The highest BCUT2D eigenvalue weighted by atomic mass is 16.5. The quantitative estimate of drug-likeness (QED) is 0.349. The van der Waals surface area contributed by atoms with Crippen LogP contribution >= 0.6 is 0 Å². The molecule has 0 saturated heterocycles. The van der Waals surface area contributed by atoms with Gasteiger partial charge in [0.25, 0.3) is 0 Å². The van der Waals surface area contributed by atoms with E-state index in [4.69, 9.17) is 9.47 Å². The molecule has 120 valence electrons. The first-order chi connectivity index (χ1) is 10.1. The molecule has 0 aromatic carbocycles. The van der Waals surface area contributed by atoms with E-state index in [1.807, 2.05) is 24.3 Å². The van der Waals surface area contributed by atoms with Gasteiger partial charge in [-0.05, 0) is 25.7 Å². The van der Waals surface area contributed by atoms with Gasteiger partial charge in [-0.15, -0.1) is 0 Å². The van der Waals surface area contributed by atoms with Crippen molar-refractivity contribution >= 4 is 11.9 Å². The SMILES string of the molecule is CCC/C=C/CC(C/C=C/CCC)(C(=O)OC)C(=O)OC. The van der Waals surface area contributed by atoms with E-state index in [9.17, 15) is 9.59 Å². The summed E-state index contributed by atoms with van der Waals surface area (Å²) in [5.74, 6) is -1.09. The van der Waals surface area contributed by atoms with Crippen molar-refractivity contribution in [2.75, 3.05) is 14.2 Å². The summed E-state index contributed by atoms with van der Waals surface area (Å²) >= 11 is 0. The normalized spacial score (nSPS) is 12.0. The fraction of sp³-hybridized carbons (Fsp3) is 0.647. The molecule has 0 amide bonds. The van der Waals surface area contributed by atoms with Gasteiger partial charge in [0.2, 0.25) is 0 Å². The predicted octanol–water partition coefficient (Wildman–Crippen LogP) is 3.81. The van der Waals surface area contributed by atoms with Crippen LogP contribution in [0.4, 0.5) is 0 Å². The summed E-state index contributed by atoms with van der Waals surface area (Å²) in [5.41, 5.74) is -1.28. The zero-order chi connectivity index (χ0) is 16.1. The molecule has 0 bridgehead atoms. The molecular weight excluding hydrogens is 268 g/mol. The molecule has 0 N–H and O–H groups in total. The lowest BCUT2D eigenvalue weighted by Crippen LogP contribution is -2.40. The number of rotatable bonds is 10. The van der Waals surface area contributed by atoms with Crippen LogP contribution in [0.5, 0.6) is 0 Å². The second-order valence-corrected chi connectivity index (χ2v) is 4.99. The fourth-order valence-corrected chi connectivity index (χ4v) is 2.03. The first kappa shape index (κ1) is 19.4. The molecule has 0 radical (unpaired) electrons. The maximum atomic E-state index is 12.2. The lowest BCUT2D eigenvalue weighted by atomic mass is 9.80. The van der Waals surface area contributed by atoms with Gasteiger partial charge in [0.05, 0.1) is 14.2 Å². The largest absolute Gasteiger partial charge is 0.468 e. The Labute approximate surface area is 128 Å². The zero-order valence-electron chi connectivity index (χ0n) is 13.7. The first-order valence-electron chi connectivity index (χ1n) is 7.55. The number of carbonyl (C=O) groups is 2. The third kappa shape index (κ3) is 6.15. The second-order valence-electron chi connectivity index (χ2n) is 4.99. The van der Waals surface area contributed by atoms with E-state index in [-0.39, 0.29) is 0 Å². The van der Waals surface area contributed by atoms with Crippen molar-refractivity contribution in [2.45, 2.75) is 52.4 Å². The van der Waals surface area contributed by atoms with Crippen molar-refractivity contribution in [2.24, 2.45) is 5.41 Å². The highest BCUT2D eigenvalue weighted by Gasteiger charge is 2.46. The van der Waals surface area contributed by atoms with Crippen LogP contribution in [0.25, 0.3) is 0 Å². The fourth-order valence-electron chi connectivity index (χ4n) is 2.03. The number of allylic oxidation sites excluding steroid dienone is 4. The Balaban J connectivity index is 5.22. The van der Waals surface area contributed by atoms with E-state index in [1.165, 1.54) is 14.2 Å². The average Bonchev–Trinajstić information content (AvgIpc) is 2.52. The van der Waals surface area contributed by atoms with Crippen LogP contribution < -0.4 is 0 Å². The van der Waals surface area contributed by atoms with Crippen molar-refractivity contribution in [3.63, 3.8) is 0 Å². The standard InChI is InChI=1S/C17H28O4/c1-5-7-9-11-13-17(15(18)20-3,16(19)21-4)14-12-10-8-6-2/h9-12H,5-8,13-14H2,1-4H3/b11-9+,12-10+. The number of esters is 2. The second kappa shape index (κ2) is 11.1. The number of hydrogen-bond acceptors (Lipinski definition) is 4. The molecule has 0 unspecified atom stereocenters. The summed E-state index contributed by atoms with van der Waals surface area (Å²) in [4.78, 5) is 24.3. The smallest absolute Gasteiger partial charge is 0.323 e. The van der Waals surface area contributed by atoms with Crippen LogP contribution in [0.2, 0.25) is 0 Å². The Kier molecular flexibility index (Phi) is 10.3. The van der Waals surface area contributed by atoms with Gasteiger partial charge in [-0.2, -0.15) is 0 Å². The molecule has 21 heavy (non-hydrogen) atoms. The Morgan fingerprint density at radius 1 is 0.810 bits per heavy atom. The summed E-state index contributed by atoms with van der Waals surface area (Å²) in [6.45, 7) is 4.15. The maximum Gasteiger partial charge on any atom is 0.323 e. The molecule has 0 atom stereocenters. The van der Waals surface area contributed by atoms with Gasteiger partial charge in [0, 0.05) is 0 Å². The Morgan fingerprint density at radius 3 is 1.48 bits per heavy atom. The number of ether oxygens (including phenoxy) is 2. The third-order valence-corrected chi connectivity index (χ3v) is 3.33. The molecule has 0 aliphatic rings. The summed E-state index contributed by atoms with van der Waals surface area (Å²) < 4.78 is 9.69. The lowest BCUT2D eigenvalue weighted by molar-refractivity contribution is -0.168. The molecule has 0 aromatic rings.